The van der Waals surface area contributed by atoms with E-state index in [-0.39, 0.29) is 24.5 Å². The zero-order valence-electron chi connectivity index (χ0n) is 8.21. The third-order valence-corrected chi connectivity index (χ3v) is 1.45. The molecule has 0 aromatic heterocycles. The highest BCUT2D eigenvalue weighted by Gasteiger charge is 2.04. The fourth-order valence-electron chi connectivity index (χ4n) is 0.738. The highest BCUT2D eigenvalue weighted by atomic mass is 16.5. The molecule has 0 saturated heterocycles. The molecule has 0 saturated carbocycles. The number of ether oxygens (including phenoxy) is 1. The Hall–Kier alpha value is -1.36. The fraction of sp³-hybridized carbons (Fsp3) is 0.556. The Morgan fingerprint density at radius 2 is 2.14 bits per heavy atom. The van der Waals surface area contributed by atoms with Crippen LogP contribution in [0.2, 0.25) is 0 Å². The molecular formula is C9H15NO4. The smallest absolute Gasteiger partial charge is 0.332 e. The van der Waals surface area contributed by atoms with Crippen LogP contribution in [0.15, 0.2) is 12.2 Å². The number of aliphatic carboxylic acids is 1. The summed E-state index contributed by atoms with van der Waals surface area (Å²) in [4.78, 5) is 21.1. The number of carbonyl (C=O) groups excluding carboxylic acids is 1. The Bertz CT molecular complexity index is 225. The van der Waals surface area contributed by atoms with Gasteiger partial charge in [-0.3, -0.25) is 4.79 Å². The van der Waals surface area contributed by atoms with Crippen LogP contribution in [0, 0.1) is 0 Å². The first kappa shape index (κ1) is 12.6. The van der Waals surface area contributed by atoms with Crippen LogP contribution in [-0.2, 0) is 14.3 Å². The summed E-state index contributed by atoms with van der Waals surface area (Å²) < 4.78 is 4.68. The average Bonchev–Trinajstić information content (AvgIpc) is 2.12. The molecule has 0 bridgehead atoms. The van der Waals surface area contributed by atoms with Crippen molar-refractivity contribution in [1.82, 2.24) is 5.32 Å². The molecular weight excluding hydrogens is 186 g/mol. The van der Waals surface area contributed by atoms with Crippen LogP contribution in [0.3, 0.4) is 0 Å². The largest absolute Gasteiger partial charge is 0.478 e. The van der Waals surface area contributed by atoms with Gasteiger partial charge in [-0.1, -0.05) is 6.58 Å². The van der Waals surface area contributed by atoms with E-state index in [1.54, 1.807) is 6.92 Å². The second-order valence-corrected chi connectivity index (χ2v) is 2.64. The SMILES string of the molecule is C=C(CNCCC(=O)OCC)C(=O)O. The zero-order chi connectivity index (χ0) is 11.0. The van der Waals surface area contributed by atoms with Gasteiger partial charge in [-0.05, 0) is 6.92 Å². The molecule has 5 nitrogen and oxygen atoms in total. The van der Waals surface area contributed by atoms with Gasteiger partial charge in [0.15, 0.2) is 0 Å². The summed E-state index contributed by atoms with van der Waals surface area (Å²) in [6.07, 6.45) is 0.237. The van der Waals surface area contributed by atoms with E-state index in [1.807, 2.05) is 0 Å². The summed E-state index contributed by atoms with van der Waals surface area (Å²) in [5, 5.41) is 11.2. The predicted octanol–water partition coefficient (Wildman–Crippen LogP) is 0.170. The minimum atomic E-state index is -1.03. The maximum absolute atomic E-state index is 10.8. The number of rotatable bonds is 7. The Morgan fingerprint density at radius 1 is 1.50 bits per heavy atom. The van der Waals surface area contributed by atoms with E-state index in [2.05, 4.69) is 16.6 Å². The Kier molecular flexibility index (Phi) is 6.39. The van der Waals surface area contributed by atoms with E-state index in [4.69, 9.17) is 5.11 Å². The third kappa shape index (κ3) is 6.19. The average molecular weight is 201 g/mol. The summed E-state index contributed by atoms with van der Waals surface area (Å²) >= 11 is 0. The Balaban J connectivity index is 3.42. The first-order chi connectivity index (χ1) is 6.57. The molecule has 0 rings (SSSR count). The van der Waals surface area contributed by atoms with Gasteiger partial charge in [0.1, 0.15) is 0 Å². The fourth-order valence-corrected chi connectivity index (χ4v) is 0.738. The van der Waals surface area contributed by atoms with Gasteiger partial charge >= 0.3 is 11.9 Å². The van der Waals surface area contributed by atoms with E-state index >= 15 is 0 Å². The molecule has 14 heavy (non-hydrogen) atoms. The van der Waals surface area contributed by atoms with Gasteiger partial charge in [0, 0.05) is 18.7 Å². The van der Waals surface area contributed by atoms with Crippen LogP contribution in [-0.4, -0.2) is 36.7 Å². The molecule has 0 heterocycles. The third-order valence-electron chi connectivity index (χ3n) is 1.45. The van der Waals surface area contributed by atoms with E-state index in [9.17, 15) is 9.59 Å². The highest BCUT2D eigenvalue weighted by molar-refractivity contribution is 5.86. The molecule has 0 atom stereocenters. The summed E-state index contributed by atoms with van der Waals surface area (Å²) in [5.74, 6) is -1.32. The van der Waals surface area contributed by atoms with Crippen molar-refractivity contribution in [2.24, 2.45) is 0 Å². The van der Waals surface area contributed by atoms with Gasteiger partial charge in [-0.15, -0.1) is 0 Å². The van der Waals surface area contributed by atoms with Crippen molar-refractivity contribution >= 4 is 11.9 Å². The predicted molar refractivity (Wildman–Crippen MR) is 50.9 cm³/mol. The van der Waals surface area contributed by atoms with Gasteiger partial charge in [0.2, 0.25) is 0 Å². The van der Waals surface area contributed by atoms with Crippen molar-refractivity contribution in [3.05, 3.63) is 12.2 Å². The second kappa shape index (κ2) is 7.08. The van der Waals surface area contributed by atoms with Gasteiger partial charge < -0.3 is 15.2 Å². The number of carboxylic acids is 1. The van der Waals surface area contributed by atoms with Crippen molar-refractivity contribution < 1.29 is 19.4 Å². The molecule has 5 heteroatoms. The van der Waals surface area contributed by atoms with Crippen LogP contribution in [0.1, 0.15) is 13.3 Å². The first-order valence-electron chi connectivity index (χ1n) is 4.35. The van der Waals surface area contributed by atoms with Crippen molar-refractivity contribution in [1.29, 1.82) is 0 Å². The minimum Gasteiger partial charge on any atom is -0.478 e. The van der Waals surface area contributed by atoms with Gasteiger partial charge in [-0.2, -0.15) is 0 Å². The van der Waals surface area contributed by atoms with E-state index in [1.165, 1.54) is 0 Å². The topological polar surface area (TPSA) is 75.6 Å². The highest BCUT2D eigenvalue weighted by Crippen LogP contribution is 1.88. The summed E-state index contributed by atoms with van der Waals surface area (Å²) in [7, 11) is 0. The number of esters is 1. The van der Waals surface area contributed by atoms with Crippen molar-refractivity contribution in [3.8, 4) is 0 Å². The summed E-state index contributed by atoms with van der Waals surface area (Å²) in [5.41, 5.74) is 0.0776. The summed E-state index contributed by atoms with van der Waals surface area (Å²) in [6.45, 7) is 5.99. The van der Waals surface area contributed by atoms with Gasteiger partial charge in [0.25, 0.3) is 0 Å². The number of carbonyl (C=O) groups is 2. The standard InChI is InChI=1S/C9H15NO4/c1-3-14-8(11)4-5-10-6-7(2)9(12)13/h10H,2-6H2,1H3,(H,12,13). The molecule has 0 spiro atoms. The Morgan fingerprint density at radius 3 is 2.64 bits per heavy atom. The maximum atomic E-state index is 10.8. The molecule has 0 aromatic carbocycles. The number of hydrogen-bond donors (Lipinski definition) is 2. The number of nitrogens with one attached hydrogen (secondary N) is 1. The van der Waals surface area contributed by atoms with E-state index < -0.39 is 5.97 Å². The lowest BCUT2D eigenvalue weighted by atomic mass is 10.3. The monoisotopic (exact) mass is 201 g/mol. The molecule has 0 unspecified atom stereocenters. The molecule has 2 N–H and O–H groups in total. The molecule has 0 aliphatic rings. The normalized spacial score (nSPS) is 9.50. The lowest BCUT2D eigenvalue weighted by molar-refractivity contribution is -0.143. The van der Waals surface area contributed by atoms with Crippen molar-refractivity contribution in [2.45, 2.75) is 13.3 Å². The Labute approximate surface area is 82.7 Å². The summed E-state index contributed by atoms with van der Waals surface area (Å²) in [6, 6.07) is 0. The zero-order valence-corrected chi connectivity index (χ0v) is 8.21. The van der Waals surface area contributed by atoms with Crippen LogP contribution in [0.25, 0.3) is 0 Å². The molecule has 0 radical (unpaired) electrons. The molecule has 0 fully saturated rings. The van der Waals surface area contributed by atoms with Crippen molar-refractivity contribution in [3.63, 3.8) is 0 Å². The van der Waals surface area contributed by atoms with Crippen LogP contribution in [0.5, 0.6) is 0 Å². The van der Waals surface area contributed by atoms with Gasteiger partial charge in [0.05, 0.1) is 13.0 Å². The first-order valence-corrected chi connectivity index (χ1v) is 4.35. The van der Waals surface area contributed by atoms with Crippen LogP contribution in [0.4, 0.5) is 0 Å². The number of hydrogen-bond acceptors (Lipinski definition) is 4. The molecule has 0 aliphatic heterocycles. The van der Waals surface area contributed by atoms with Crippen molar-refractivity contribution in [2.75, 3.05) is 19.7 Å². The lowest BCUT2D eigenvalue weighted by Crippen LogP contribution is -2.23. The molecule has 0 aliphatic carbocycles. The quantitative estimate of drug-likeness (QED) is 0.349. The molecule has 0 amide bonds. The van der Waals surface area contributed by atoms with Crippen LogP contribution >= 0.6 is 0 Å². The maximum Gasteiger partial charge on any atom is 0.332 e. The second-order valence-electron chi connectivity index (χ2n) is 2.64. The van der Waals surface area contributed by atoms with E-state index in [0.717, 1.165) is 0 Å². The van der Waals surface area contributed by atoms with Gasteiger partial charge in [-0.25, -0.2) is 4.79 Å². The minimum absolute atomic E-state index is 0.0776. The van der Waals surface area contributed by atoms with E-state index in [0.29, 0.717) is 13.2 Å². The molecule has 0 aromatic rings. The lowest BCUT2D eigenvalue weighted by Gasteiger charge is -2.04. The van der Waals surface area contributed by atoms with Crippen LogP contribution < -0.4 is 5.32 Å². The molecule has 80 valence electrons. The number of carboxylic acid groups (broad SMARTS) is 1.